The van der Waals surface area contributed by atoms with Gasteiger partial charge in [-0.1, -0.05) is 13.8 Å². The molecule has 0 aliphatic carbocycles. The monoisotopic (exact) mass is 249 g/mol. The molecule has 0 bridgehead atoms. The second-order valence-electron chi connectivity index (χ2n) is 4.08. The first-order chi connectivity index (χ1) is 7.61. The van der Waals surface area contributed by atoms with E-state index in [1.807, 2.05) is 13.8 Å². The minimum Gasteiger partial charge on any atom is -0.317 e. The highest BCUT2D eigenvalue weighted by molar-refractivity contribution is 7.87. The summed E-state index contributed by atoms with van der Waals surface area (Å²) in [6, 6.07) is 0.153. The molecule has 1 heterocycles. The Hall–Kier alpha value is -0.170. The Bertz CT molecular complexity index is 286. The minimum atomic E-state index is -3.28. The van der Waals surface area contributed by atoms with Gasteiger partial charge in [0.25, 0.3) is 10.2 Å². The van der Waals surface area contributed by atoms with Gasteiger partial charge in [-0.3, -0.25) is 0 Å². The van der Waals surface area contributed by atoms with E-state index < -0.39 is 10.2 Å². The molecule has 1 aliphatic heterocycles. The van der Waals surface area contributed by atoms with E-state index in [-0.39, 0.29) is 6.04 Å². The molecule has 0 radical (unpaired) electrons. The fourth-order valence-electron chi connectivity index (χ4n) is 2.03. The summed E-state index contributed by atoms with van der Waals surface area (Å²) in [5.74, 6) is 0. The molecular formula is C10H23N3O2S. The van der Waals surface area contributed by atoms with Crippen LogP contribution in [0.2, 0.25) is 0 Å². The van der Waals surface area contributed by atoms with Gasteiger partial charge in [-0.05, 0) is 32.4 Å². The first-order valence-electron chi connectivity index (χ1n) is 6.09. The molecule has 0 atom stereocenters. The van der Waals surface area contributed by atoms with Crippen LogP contribution >= 0.6 is 0 Å². The van der Waals surface area contributed by atoms with Crippen LogP contribution in [0.25, 0.3) is 0 Å². The molecule has 16 heavy (non-hydrogen) atoms. The van der Waals surface area contributed by atoms with Crippen molar-refractivity contribution in [2.24, 2.45) is 0 Å². The van der Waals surface area contributed by atoms with Crippen molar-refractivity contribution in [3.63, 3.8) is 0 Å². The van der Waals surface area contributed by atoms with E-state index in [1.165, 1.54) is 0 Å². The van der Waals surface area contributed by atoms with E-state index in [4.69, 9.17) is 0 Å². The van der Waals surface area contributed by atoms with E-state index in [9.17, 15) is 8.42 Å². The van der Waals surface area contributed by atoms with Crippen LogP contribution in [0.5, 0.6) is 0 Å². The molecule has 0 aromatic rings. The van der Waals surface area contributed by atoms with Gasteiger partial charge < -0.3 is 5.32 Å². The number of rotatable bonds is 6. The lowest BCUT2D eigenvalue weighted by Gasteiger charge is -2.32. The lowest BCUT2D eigenvalue weighted by atomic mass is 10.1. The van der Waals surface area contributed by atoms with Crippen LogP contribution in [0, 0.1) is 0 Å². The van der Waals surface area contributed by atoms with Crippen LogP contribution in [-0.2, 0) is 10.2 Å². The Kier molecular flexibility index (Phi) is 5.68. The minimum absolute atomic E-state index is 0.153. The quantitative estimate of drug-likeness (QED) is 0.712. The van der Waals surface area contributed by atoms with Crippen LogP contribution in [0.4, 0.5) is 0 Å². The molecule has 1 saturated heterocycles. The fraction of sp³-hybridized carbons (Fsp3) is 1.00. The molecule has 0 unspecified atom stereocenters. The zero-order valence-electron chi connectivity index (χ0n) is 10.2. The van der Waals surface area contributed by atoms with Gasteiger partial charge in [-0.2, -0.15) is 12.7 Å². The van der Waals surface area contributed by atoms with Crippen LogP contribution in [0.1, 0.15) is 33.1 Å². The van der Waals surface area contributed by atoms with Gasteiger partial charge in [0, 0.05) is 19.1 Å². The second-order valence-corrected chi connectivity index (χ2v) is 5.79. The van der Waals surface area contributed by atoms with Crippen molar-refractivity contribution >= 4 is 10.2 Å². The van der Waals surface area contributed by atoms with E-state index in [2.05, 4.69) is 10.0 Å². The molecule has 1 rings (SSSR count). The zero-order valence-corrected chi connectivity index (χ0v) is 11.0. The van der Waals surface area contributed by atoms with Gasteiger partial charge in [-0.25, -0.2) is 4.72 Å². The standard InChI is InChI=1S/C10H23N3O2S/c1-3-7-12-16(14,15)13(4-2)10-5-8-11-9-6-10/h10-12H,3-9H2,1-2H3. The Morgan fingerprint density at radius 3 is 2.44 bits per heavy atom. The molecule has 1 aliphatic rings. The van der Waals surface area contributed by atoms with E-state index in [1.54, 1.807) is 4.31 Å². The van der Waals surface area contributed by atoms with Gasteiger partial charge in [0.1, 0.15) is 0 Å². The third kappa shape index (κ3) is 3.69. The van der Waals surface area contributed by atoms with Crippen LogP contribution in [0.3, 0.4) is 0 Å². The fourth-order valence-corrected chi connectivity index (χ4v) is 3.60. The lowest BCUT2D eigenvalue weighted by Crippen LogP contribution is -2.50. The summed E-state index contributed by atoms with van der Waals surface area (Å²) in [7, 11) is -3.28. The highest BCUT2D eigenvalue weighted by Gasteiger charge is 2.28. The maximum atomic E-state index is 12.0. The normalized spacial score (nSPS) is 19.2. The van der Waals surface area contributed by atoms with Gasteiger partial charge in [0.2, 0.25) is 0 Å². The number of nitrogens with zero attached hydrogens (tertiary/aromatic N) is 1. The summed E-state index contributed by atoms with van der Waals surface area (Å²) in [5.41, 5.74) is 0. The van der Waals surface area contributed by atoms with Crippen LogP contribution < -0.4 is 10.0 Å². The summed E-state index contributed by atoms with van der Waals surface area (Å²) < 4.78 is 28.3. The van der Waals surface area contributed by atoms with Crippen molar-refractivity contribution in [1.82, 2.24) is 14.3 Å². The molecule has 1 fully saturated rings. The summed E-state index contributed by atoms with van der Waals surface area (Å²) in [6.07, 6.45) is 2.63. The van der Waals surface area contributed by atoms with E-state index in [0.29, 0.717) is 13.1 Å². The van der Waals surface area contributed by atoms with E-state index in [0.717, 1.165) is 32.4 Å². The predicted molar refractivity (Wildman–Crippen MR) is 65.5 cm³/mol. The molecular weight excluding hydrogens is 226 g/mol. The van der Waals surface area contributed by atoms with Crippen molar-refractivity contribution < 1.29 is 8.42 Å². The number of hydrogen-bond donors (Lipinski definition) is 2. The van der Waals surface area contributed by atoms with Crippen LogP contribution in [0.15, 0.2) is 0 Å². The second kappa shape index (κ2) is 6.54. The predicted octanol–water partition coefficient (Wildman–Crippen LogP) is 0.305. The van der Waals surface area contributed by atoms with Gasteiger partial charge in [0.05, 0.1) is 0 Å². The number of hydrogen-bond acceptors (Lipinski definition) is 3. The summed E-state index contributed by atoms with van der Waals surface area (Å²) in [6.45, 7) is 6.74. The molecule has 96 valence electrons. The van der Waals surface area contributed by atoms with Crippen molar-refractivity contribution in [1.29, 1.82) is 0 Å². The molecule has 6 heteroatoms. The zero-order chi connectivity index (χ0) is 12.0. The SMILES string of the molecule is CCCNS(=O)(=O)N(CC)C1CCNCC1. The average Bonchev–Trinajstić information content (AvgIpc) is 2.28. The highest BCUT2D eigenvalue weighted by atomic mass is 32.2. The molecule has 0 amide bonds. The van der Waals surface area contributed by atoms with Crippen LogP contribution in [-0.4, -0.2) is 44.9 Å². The van der Waals surface area contributed by atoms with E-state index >= 15 is 0 Å². The Morgan fingerprint density at radius 2 is 1.94 bits per heavy atom. The summed E-state index contributed by atoms with van der Waals surface area (Å²) in [5, 5.41) is 3.25. The first-order valence-corrected chi connectivity index (χ1v) is 7.53. The maximum absolute atomic E-state index is 12.0. The Labute approximate surface area is 98.8 Å². The Balaban J connectivity index is 2.64. The lowest BCUT2D eigenvalue weighted by molar-refractivity contribution is 0.268. The number of nitrogens with one attached hydrogen (secondary N) is 2. The smallest absolute Gasteiger partial charge is 0.279 e. The average molecular weight is 249 g/mol. The van der Waals surface area contributed by atoms with Crippen molar-refractivity contribution in [3.8, 4) is 0 Å². The summed E-state index contributed by atoms with van der Waals surface area (Å²) in [4.78, 5) is 0. The van der Waals surface area contributed by atoms with Gasteiger partial charge in [0.15, 0.2) is 0 Å². The number of piperidine rings is 1. The Morgan fingerprint density at radius 1 is 1.31 bits per heavy atom. The van der Waals surface area contributed by atoms with Gasteiger partial charge in [-0.15, -0.1) is 0 Å². The largest absolute Gasteiger partial charge is 0.317 e. The van der Waals surface area contributed by atoms with Crippen molar-refractivity contribution in [2.45, 2.75) is 39.2 Å². The molecule has 5 nitrogen and oxygen atoms in total. The molecule has 2 N–H and O–H groups in total. The first kappa shape index (κ1) is 13.9. The molecule has 0 aromatic carbocycles. The highest BCUT2D eigenvalue weighted by Crippen LogP contribution is 2.14. The molecule has 0 aromatic heterocycles. The van der Waals surface area contributed by atoms with Gasteiger partial charge >= 0.3 is 0 Å². The third-order valence-electron chi connectivity index (χ3n) is 2.87. The van der Waals surface area contributed by atoms with Crippen molar-refractivity contribution in [3.05, 3.63) is 0 Å². The van der Waals surface area contributed by atoms with Crippen molar-refractivity contribution in [2.75, 3.05) is 26.2 Å². The summed E-state index contributed by atoms with van der Waals surface area (Å²) >= 11 is 0. The molecule has 0 saturated carbocycles. The topological polar surface area (TPSA) is 61.4 Å². The molecule has 0 spiro atoms. The third-order valence-corrected chi connectivity index (χ3v) is 4.61. The maximum Gasteiger partial charge on any atom is 0.279 e.